The van der Waals surface area contributed by atoms with Crippen molar-refractivity contribution in [3.63, 3.8) is 0 Å². The SMILES string of the molecule is CC(=O)CCSc1nc2sc(C)c(-c3ccccc3)c2c(=O)n1-c1ccccc1. The summed E-state index contributed by atoms with van der Waals surface area (Å²) < 4.78 is 1.67. The third kappa shape index (κ3) is 3.91. The maximum Gasteiger partial charge on any atom is 0.268 e. The van der Waals surface area contributed by atoms with Crippen LogP contribution in [0.3, 0.4) is 0 Å². The molecule has 2 aromatic heterocycles. The molecule has 0 fully saturated rings. The molecular formula is C23H20N2O2S2. The van der Waals surface area contributed by atoms with Crippen LogP contribution < -0.4 is 5.56 Å². The van der Waals surface area contributed by atoms with Crippen LogP contribution in [0.15, 0.2) is 70.6 Å². The van der Waals surface area contributed by atoms with Crippen LogP contribution in [-0.4, -0.2) is 21.1 Å². The molecule has 0 spiro atoms. The lowest BCUT2D eigenvalue weighted by atomic mass is 10.0. The van der Waals surface area contributed by atoms with E-state index in [4.69, 9.17) is 4.98 Å². The Kier molecular flexibility index (Phi) is 5.65. The van der Waals surface area contributed by atoms with Gasteiger partial charge in [-0.15, -0.1) is 11.3 Å². The van der Waals surface area contributed by atoms with Crippen molar-refractivity contribution in [2.45, 2.75) is 25.4 Å². The van der Waals surface area contributed by atoms with Gasteiger partial charge in [0, 0.05) is 22.6 Å². The minimum absolute atomic E-state index is 0.0743. The highest BCUT2D eigenvalue weighted by atomic mass is 32.2. The Labute approximate surface area is 177 Å². The first-order valence-corrected chi connectivity index (χ1v) is 11.2. The number of thiophene rings is 1. The molecule has 4 aromatic rings. The van der Waals surface area contributed by atoms with E-state index in [1.165, 1.54) is 11.8 Å². The van der Waals surface area contributed by atoms with Gasteiger partial charge in [-0.2, -0.15) is 0 Å². The van der Waals surface area contributed by atoms with E-state index in [0.717, 1.165) is 26.5 Å². The number of Topliss-reactive ketones (excluding diaryl/α,β-unsaturated/α-hetero) is 1. The van der Waals surface area contributed by atoms with E-state index in [0.29, 0.717) is 22.7 Å². The average Bonchev–Trinajstić information content (AvgIpc) is 3.05. The Morgan fingerprint density at radius 1 is 1.07 bits per heavy atom. The van der Waals surface area contributed by atoms with Crippen molar-refractivity contribution in [2.24, 2.45) is 0 Å². The molecule has 0 amide bonds. The number of thioether (sulfide) groups is 1. The van der Waals surface area contributed by atoms with Gasteiger partial charge in [0.25, 0.3) is 5.56 Å². The van der Waals surface area contributed by atoms with E-state index >= 15 is 0 Å². The number of rotatable bonds is 6. The zero-order valence-corrected chi connectivity index (χ0v) is 17.8. The standard InChI is InChI=1S/C23H20N2O2S2/c1-15(26)13-14-28-23-24-21-20(22(27)25(23)18-11-7-4-8-12-18)19(16(2)29-21)17-9-5-3-6-10-17/h3-12H,13-14H2,1-2H3. The first-order chi connectivity index (χ1) is 14.1. The predicted molar refractivity (Wildman–Crippen MR) is 121 cm³/mol. The van der Waals surface area contributed by atoms with Gasteiger partial charge >= 0.3 is 0 Å². The first kappa shape index (κ1) is 19.6. The average molecular weight is 421 g/mol. The number of hydrogen-bond donors (Lipinski definition) is 0. The number of carbonyl (C=O) groups excluding carboxylic acids is 1. The Morgan fingerprint density at radius 3 is 2.38 bits per heavy atom. The van der Waals surface area contributed by atoms with Gasteiger partial charge in [-0.3, -0.25) is 14.2 Å². The number of para-hydroxylation sites is 1. The maximum absolute atomic E-state index is 13.7. The predicted octanol–water partition coefficient (Wildman–Crippen LogP) is 5.49. The van der Waals surface area contributed by atoms with Crippen molar-refractivity contribution in [3.8, 4) is 16.8 Å². The number of ketones is 1. The number of aromatic nitrogens is 2. The maximum atomic E-state index is 13.7. The van der Waals surface area contributed by atoms with Crippen LogP contribution in [-0.2, 0) is 4.79 Å². The normalized spacial score (nSPS) is 11.1. The minimum atomic E-state index is -0.0743. The topological polar surface area (TPSA) is 52.0 Å². The zero-order chi connectivity index (χ0) is 20.4. The van der Waals surface area contributed by atoms with E-state index in [2.05, 4.69) is 0 Å². The Balaban J connectivity index is 1.97. The molecule has 0 bridgehead atoms. The summed E-state index contributed by atoms with van der Waals surface area (Å²) >= 11 is 2.99. The molecule has 4 nitrogen and oxygen atoms in total. The Morgan fingerprint density at radius 2 is 1.72 bits per heavy atom. The van der Waals surface area contributed by atoms with Gasteiger partial charge in [-0.05, 0) is 31.5 Å². The number of aryl methyl sites for hydroxylation is 1. The molecule has 4 rings (SSSR count). The lowest BCUT2D eigenvalue weighted by Gasteiger charge is -2.12. The summed E-state index contributed by atoms with van der Waals surface area (Å²) in [7, 11) is 0. The van der Waals surface area contributed by atoms with Crippen LogP contribution in [0, 0.1) is 6.92 Å². The summed E-state index contributed by atoms with van der Waals surface area (Å²) in [4.78, 5) is 31.7. The number of fused-ring (bicyclic) bond motifs is 1. The molecule has 2 aromatic carbocycles. The Hall–Kier alpha value is -2.70. The number of benzene rings is 2. The second kappa shape index (κ2) is 8.35. The molecule has 2 heterocycles. The van der Waals surface area contributed by atoms with E-state index in [-0.39, 0.29) is 11.3 Å². The van der Waals surface area contributed by atoms with Crippen LogP contribution in [0.25, 0.3) is 27.0 Å². The van der Waals surface area contributed by atoms with E-state index in [9.17, 15) is 9.59 Å². The molecule has 0 aliphatic rings. The monoisotopic (exact) mass is 420 g/mol. The fraction of sp³-hybridized carbons (Fsp3) is 0.174. The smallest absolute Gasteiger partial charge is 0.268 e. The second-order valence-corrected chi connectivity index (χ2v) is 9.02. The summed E-state index contributed by atoms with van der Waals surface area (Å²) in [5.41, 5.74) is 2.68. The summed E-state index contributed by atoms with van der Waals surface area (Å²) in [6.45, 7) is 3.61. The highest BCUT2D eigenvalue weighted by Crippen LogP contribution is 2.36. The van der Waals surface area contributed by atoms with Crippen molar-refractivity contribution in [1.82, 2.24) is 9.55 Å². The first-order valence-electron chi connectivity index (χ1n) is 9.35. The van der Waals surface area contributed by atoms with Crippen molar-refractivity contribution in [1.29, 1.82) is 0 Å². The molecule has 0 saturated carbocycles. The van der Waals surface area contributed by atoms with E-state index in [1.54, 1.807) is 22.8 Å². The molecule has 0 aliphatic carbocycles. The number of hydrogen-bond acceptors (Lipinski definition) is 5. The third-order valence-corrected chi connectivity index (χ3v) is 6.57. The molecule has 0 N–H and O–H groups in total. The Bertz CT molecular complexity index is 1230. The minimum Gasteiger partial charge on any atom is -0.300 e. The van der Waals surface area contributed by atoms with Crippen molar-refractivity contribution < 1.29 is 4.79 Å². The van der Waals surface area contributed by atoms with Crippen molar-refractivity contribution in [2.75, 3.05) is 5.75 Å². The van der Waals surface area contributed by atoms with Gasteiger partial charge in [-0.25, -0.2) is 4.98 Å². The quantitative estimate of drug-likeness (QED) is 0.306. The second-order valence-electron chi connectivity index (χ2n) is 6.75. The fourth-order valence-electron chi connectivity index (χ4n) is 3.28. The molecule has 0 atom stereocenters. The molecule has 0 unspecified atom stereocenters. The van der Waals surface area contributed by atoms with Crippen molar-refractivity contribution >= 4 is 39.1 Å². The lowest BCUT2D eigenvalue weighted by Crippen LogP contribution is -2.21. The van der Waals surface area contributed by atoms with E-state index < -0.39 is 0 Å². The van der Waals surface area contributed by atoms with Gasteiger partial charge in [0.05, 0.1) is 11.1 Å². The molecule has 0 radical (unpaired) electrons. The van der Waals surface area contributed by atoms with E-state index in [1.807, 2.05) is 67.6 Å². The summed E-state index contributed by atoms with van der Waals surface area (Å²) in [6.07, 6.45) is 0.450. The molecule has 0 saturated heterocycles. The lowest BCUT2D eigenvalue weighted by molar-refractivity contribution is -0.116. The summed E-state index contributed by atoms with van der Waals surface area (Å²) in [5.74, 6) is 0.723. The summed E-state index contributed by atoms with van der Waals surface area (Å²) in [5, 5.41) is 1.27. The molecule has 6 heteroatoms. The van der Waals surface area contributed by atoms with Crippen LogP contribution in [0.4, 0.5) is 0 Å². The van der Waals surface area contributed by atoms with Gasteiger partial charge < -0.3 is 0 Å². The molecule has 146 valence electrons. The summed E-state index contributed by atoms with van der Waals surface area (Å²) in [6, 6.07) is 19.5. The van der Waals surface area contributed by atoms with Crippen LogP contribution in [0.1, 0.15) is 18.2 Å². The largest absolute Gasteiger partial charge is 0.300 e. The fourth-order valence-corrected chi connectivity index (χ4v) is 5.42. The van der Waals surface area contributed by atoms with Gasteiger partial charge in [0.1, 0.15) is 10.6 Å². The van der Waals surface area contributed by atoms with Crippen LogP contribution in [0.5, 0.6) is 0 Å². The number of carbonyl (C=O) groups is 1. The third-order valence-electron chi connectivity index (χ3n) is 4.63. The highest BCUT2D eigenvalue weighted by Gasteiger charge is 2.20. The van der Waals surface area contributed by atoms with Gasteiger partial charge in [0.2, 0.25) is 0 Å². The van der Waals surface area contributed by atoms with Gasteiger partial charge in [-0.1, -0.05) is 60.3 Å². The van der Waals surface area contributed by atoms with Gasteiger partial charge in [0.15, 0.2) is 5.16 Å². The number of nitrogens with zero attached hydrogens (tertiary/aromatic N) is 2. The molecule has 29 heavy (non-hydrogen) atoms. The van der Waals surface area contributed by atoms with Crippen LogP contribution in [0.2, 0.25) is 0 Å². The molecule has 0 aliphatic heterocycles. The molecular weight excluding hydrogens is 400 g/mol. The highest BCUT2D eigenvalue weighted by molar-refractivity contribution is 7.99. The zero-order valence-electron chi connectivity index (χ0n) is 16.2. The van der Waals surface area contributed by atoms with Crippen molar-refractivity contribution in [3.05, 3.63) is 75.9 Å². The van der Waals surface area contributed by atoms with Crippen LogP contribution >= 0.6 is 23.1 Å².